The molecule has 1 unspecified atom stereocenters. The Labute approximate surface area is 190 Å². The zero-order valence-electron chi connectivity index (χ0n) is 18.0. The van der Waals surface area contributed by atoms with Gasteiger partial charge >= 0.3 is 0 Å². The number of nitrogens with zero attached hydrogens (tertiary/aromatic N) is 5. The largest absolute Gasteiger partial charge is 0.362 e. The van der Waals surface area contributed by atoms with Gasteiger partial charge in [-0.25, -0.2) is 13.8 Å². The molecule has 3 aliphatic rings. The van der Waals surface area contributed by atoms with Gasteiger partial charge in [-0.3, -0.25) is 15.0 Å². The van der Waals surface area contributed by atoms with Gasteiger partial charge in [-0.1, -0.05) is 6.07 Å². The zero-order chi connectivity index (χ0) is 22.1. The van der Waals surface area contributed by atoms with Crippen molar-refractivity contribution in [2.45, 2.75) is 24.9 Å². The number of H-pyrrole nitrogens is 1. The maximum absolute atomic E-state index is 14.6. The van der Waals surface area contributed by atoms with Crippen molar-refractivity contribution in [1.29, 1.82) is 0 Å². The van der Waals surface area contributed by atoms with Gasteiger partial charge in [-0.05, 0) is 37.9 Å². The predicted molar refractivity (Wildman–Crippen MR) is 122 cm³/mol. The van der Waals surface area contributed by atoms with Crippen LogP contribution in [0, 0.1) is 17.6 Å². The third kappa shape index (κ3) is 4.18. The van der Waals surface area contributed by atoms with Gasteiger partial charge in [0.1, 0.15) is 28.7 Å². The van der Waals surface area contributed by atoms with E-state index in [9.17, 15) is 8.78 Å². The Kier molecular flexibility index (Phi) is 6.25. The van der Waals surface area contributed by atoms with E-state index in [4.69, 9.17) is 0 Å². The molecule has 32 heavy (non-hydrogen) atoms. The summed E-state index contributed by atoms with van der Waals surface area (Å²) >= 11 is 1.76. The minimum atomic E-state index is -0.529. The van der Waals surface area contributed by atoms with Crippen LogP contribution in [0.5, 0.6) is 0 Å². The topological polar surface area (TPSA) is 72.4 Å². The summed E-state index contributed by atoms with van der Waals surface area (Å²) < 4.78 is 28.1. The van der Waals surface area contributed by atoms with Crippen molar-refractivity contribution in [3.05, 3.63) is 52.6 Å². The summed E-state index contributed by atoms with van der Waals surface area (Å²) in [6, 6.07) is 4.15. The Morgan fingerprint density at radius 2 is 2.19 bits per heavy atom. The quantitative estimate of drug-likeness (QED) is 0.621. The first kappa shape index (κ1) is 21.5. The number of rotatable bonds is 7. The lowest BCUT2D eigenvalue weighted by molar-refractivity contribution is 0.231. The molecular formula is C22H27F2N7S. The van der Waals surface area contributed by atoms with Gasteiger partial charge in [0.25, 0.3) is 0 Å². The molecule has 2 fully saturated rings. The van der Waals surface area contributed by atoms with Crippen LogP contribution in [0.15, 0.2) is 34.5 Å². The lowest BCUT2D eigenvalue weighted by Crippen LogP contribution is -2.35. The van der Waals surface area contributed by atoms with Gasteiger partial charge in [0.2, 0.25) is 0 Å². The van der Waals surface area contributed by atoms with Crippen LogP contribution in [0.3, 0.4) is 0 Å². The SMILES string of the molecule is CN1CC=NC(c2ncn[nH]2)=C1SCCCN1C[C@@H]2CCN[C@@H]2C1c1ccc(F)cc1F. The Bertz CT molecular complexity index is 1010. The predicted octanol–water partition coefficient (Wildman–Crippen LogP) is 2.88. The van der Waals surface area contributed by atoms with E-state index in [0.717, 1.165) is 61.6 Å². The average molecular weight is 460 g/mol. The summed E-state index contributed by atoms with van der Waals surface area (Å²) in [5.74, 6) is 1.10. The number of fused-ring (bicyclic) bond motifs is 1. The van der Waals surface area contributed by atoms with Crippen LogP contribution in [0.2, 0.25) is 0 Å². The molecule has 170 valence electrons. The van der Waals surface area contributed by atoms with Crippen molar-refractivity contribution >= 4 is 23.7 Å². The average Bonchev–Trinajstić information content (AvgIpc) is 3.50. The summed E-state index contributed by atoms with van der Waals surface area (Å²) in [5, 5.41) is 11.5. The molecule has 3 aliphatic heterocycles. The van der Waals surface area contributed by atoms with Gasteiger partial charge in [0, 0.05) is 43.2 Å². The standard InChI is InChI=1S/C22H27F2N7S/c1-30-9-7-26-19(21-27-13-28-29-21)22(30)32-10-2-8-31-12-14-5-6-25-18(14)20(31)16-4-3-15(23)11-17(16)24/h3-4,7,11,13-14,18,20,25H,2,5-6,8-10,12H2,1H3,(H,27,28,29)/t14-,18-,20?/m0/s1. The van der Waals surface area contributed by atoms with Crippen LogP contribution in [-0.4, -0.2) is 76.2 Å². The minimum absolute atomic E-state index is 0.0565. The number of likely N-dealkylation sites (tertiary alicyclic amines) is 1. The highest BCUT2D eigenvalue weighted by atomic mass is 32.2. The van der Waals surface area contributed by atoms with E-state index in [1.807, 2.05) is 13.3 Å². The number of benzene rings is 1. The summed E-state index contributed by atoms with van der Waals surface area (Å²) in [4.78, 5) is 13.3. The second kappa shape index (κ2) is 9.29. The number of halogens is 2. The number of hydrogen-bond donors (Lipinski definition) is 2. The lowest BCUT2D eigenvalue weighted by atomic mass is 9.95. The molecule has 2 N–H and O–H groups in total. The molecular weight excluding hydrogens is 432 g/mol. The van der Waals surface area contributed by atoms with E-state index in [0.29, 0.717) is 17.3 Å². The van der Waals surface area contributed by atoms with E-state index in [1.165, 1.54) is 12.4 Å². The number of nitrogens with one attached hydrogen (secondary N) is 2. The maximum Gasteiger partial charge on any atom is 0.176 e. The van der Waals surface area contributed by atoms with E-state index in [1.54, 1.807) is 17.8 Å². The van der Waals surface area contributed by atoms with Crippen LogP contribution in [0.1, 0.15) is 30.3 Å². The molecule has 0 aliphatic carbocycles. The summed E-state index contributed by atoms with van der Waals surface area (Å²) in [7, 11) is 2.05. The first-order valence-corrected chi connectivity index (χ1v) is 12.0. The van der Waals surface area contributed by atoms with Crippen molar-refractivity contribution in [2.24, 2.45) is 10.9 Å². The first-order chi connectivity index (χ1) is 15.6. The fourth-order valence-electron chi connectivity index (χ4n) is 5.03. The van der Waals surface area contributed by atoms with Crippen LogP contribution in [0.25, 0.3) is 5.70 Å². The second-order valence-corrected chi connectivity index (χ2v) is 9.60. The van der Waals surface area contributed by atoms with Gasteiger partial charge in [0.05, 0.1) is 12.6 Å². The third-order valence-electron chi connectivity index (χ3n) is 6.48. The van der Waals surface area contributed by atoms with Crippen molar-refractivity contribution in [3.63, 3.8) is 0 Å². The Morgan fingerprint density at radius 1 is 1.28 bits per heavy atom. The smallest absolute Gasteiger partial charge is 0.176 e. The minimum Gasteiger partial charge on any atom is -0.362 e. The number of aromatic nitrogens is 3. The molecule has 2 saturated heterocycles. The van der Waals surface area contributed by atoms with Crippen LogP contribution >= 0.6 is 11.8 Å². The molecule has 1 aromatic heterocycles. The maximum atomic E-state index is 14.6. The van der Waals surface area contributed by atoms with Gasteiger partial charge in [-0.2, -0.15) is 5.10 Å². The van der Waals surface area contributed by atoms with Crippen molar-refractivity contribution in [2.75, 3.05) is 39.0 Å². The van der Waals surface area contributed by atoms with Crippen LogP contribution in [-0.2, 0) is 0 Å². The molecule has 0 amide bonds. The molecule has 1 aromatic carbocycles. The fraction of sp³-hybridized carbons (Fsp3) is 0.500. The third-order valence-corrected chi connectivity index (χ3v) is 7.75. The number of aliphatic imine (C=N–C) groups is 1. The molecule has 10 heteroatoms. The van der Waals surface area contributed by atoms with Crippen molar-refractivity contribution < 1.29 is 8.78 Å². The molecule has 0 saturated carbocycles. The van der Waals surface area contributed by atoms with Gasteiger partial charge in [0.15, 0.2) is 5.82 Å². The van der Waals surface area contributed by atoms with Crippen molar-refractivity contribution in [3.8, 4) is 0 Å². The van der Waals surface area contributed by atoms with E-state index >= 15 is 0 Å². The van der Waals surface area contributed by atoms with E-state index in [-0.39, 0.29) is 12.1 Å². The Morgan fingerprint density at radius 3 is 3.00 bits per heavy atom. The fourth-order valence-corrected chi connectivity index (χ4v) is 6.08. The second-order valence-electron chi connectivity index (χ2n) is 8.52. The molecule has 0 spiro atoms. The number of aromatic amines is 1. The molecule has 3 atom stereocenters. The van der Waals surface area contributed by atoms with Crippen LogP contribution < -0.4 is 5.32 Å². The van der Waals surface area contributed by atoms with Crippen molar-refractivity contribution in [1.82, 2.24) is 30.3 Å². The van der Waals surface area contributed by atoms with Gasteiger partial charge < -0.3 is 10.2 Å². The number of hydrogen-bond acceptors (Lipinski definition) is 7. The molecule has 0 bridgehead atoms. The number of thioether (sulfide) groups is 1. The Hall–Kier alpha value is -2.30. The molecule has 0 radical (unpaired) electrons. The summed E-state index contributed by atoms with van der Waals surface area (Å²) in [6.45, 7) is 3.53. The van der Waals surface area contributed by atoms with Gasteiger partial charge in [-0.15, -0.1) is 11.8 Å². The highest BCUT2D eigenvalue weighted by Gasteiger charge is 2.45. The summed E-state index contributed by atoms with van der Waals surface area (Å²) in [5.41, 5.74) is 1.41. The van der Waals surface area contributed by atoms with Crippen LogP contribution in [0.4, 0.5) is 8.78 Å². The van der Waals surface area contributed by atoms with E-state index < -0.39 is 11.6 Å². The molecule has 5 rings (SSSR count). The molecule has 4 heterocycles. The zero-order valence-corrected chi connectivity index (χ0v) is 18.8. The highest BCUT2D eigenvalue weighted by molar-refractivity contribution is 8.03. The highest BCUT2D eigenvalue weighted by Crippen LogP contribution is 2.41. The lowest BCUT2D eigenvalue weighted by Gasteiger charge is -2.29. The normalized spacial score (nSPS) is 25.7. The first-order valence-electron chi connectivity index (χ1n) is 11.0. The summed E-state index contributed by atoms with van der Waals surface area (Å²) in [6.07, 6.45) is 5.42. The molecule has 7 nitrogen and oxygen atoms in total. The Balaban J connectivity index is 1.26. The molecule has 2 aromatic rings. The van der Waals surface area contributed by atoms with E-state index in [2.05, 4.69) is 35.3 Å². The monoisotopic (exact) mass is 459 g/mol.